The average molecular weight is 359 g/mol. The molecule has 138 valence electrons. The standard InChI is InChI=1S/C24H25NO2/c1-3-27-24(26)19-14-15-22-21(16-19)17(2)23(18-10-6-4-7-11-18)25(22)20-12-8-5-9-13-20/h4,6-8,10-12,14-16,20H,3,5,9,13H2,1-2H3. The number of carbonyl (C=O) groups is 1. The van der Waals surface area contributed by atoms with Crippen LogP contribution in [-0.4, -0.2) is 17.1 Å². The summed E-state index contributed by atoms with van der Waals surface area (Å²) in [5.41, 5.74) is 5.45. The Labute approximate surface area is 160 Å². The zero-order chi connectivity index (χ0) is 18.8. The van der Waals surface area contributed by atoms with Crippen LogP contribution in [0.3, 0.4) is 0 Å². The monoisotopic (exact) mass is 359 g/mol. The van der Waals surface area contributed by atoms with Crippen molar-refractivity contribution in [3.63, 3.8) is 0 Å². The largest absolute Gasteiger partial charge is 0.462 e. The van der Waals surface area contributed by atoms with E-state index in [2.05, 4.69) is 54.0 Å². The van der Waals surface area contributed by atoms with Crippen molar-refractivity contribution < 1.29 is 9.53 Å². The molecule has 1 aromatic heterocycles. The molecule has 0 N–H and O–H groups in total. The molecular formula is C24H25NO2. The second-order valence-electron chi connectivity index (χ2n) is 7.09. The number of aromatic nitrogens is 1. The summed E-state index contributed by atoms with van der Waals surface area (Å²) in [4.78, 5) is 12.2. The van der Waals surface area contributed by atoms with E-state index in [1.54, 1.807) is 0 Å². The Morgan fingerprint density at radius 1 is 1.19 bits per heavy atom. The quantitative estimate of drug-likeness (QED) is 0.418. The van der Waals surface area contributed by atoms with Gasteiger partial charge in [0.15, 0.2) is 0 Å². The first-order valence-corrected chi connectivity index (χ1v) is 9.74. The molecule has 0 spiro atoms. The van der Waals surface area contributed by atoms with Crippen LogP contribution in [0.4, 0.5) is 0 Å². The fourth-order valence-electron chi connectivity index (χ4n) is 4.12. The van der Waals surface area contributed by atoms with E-state index in [1.165, 1.54) is 28.8 Å². The zero-order valence-corrected chi connectivity index (χ0v) is 15.9. The molecule has 27 heavy (non-hydrogen) atoms. The molecule has 3 nitrogen and oxygen atoms in total. The Kier molecular flexibility index (Phi) is 4.85. The van der Waals surface area contributed by atoms with Crippen molar-refractivity contribution in [2.75, 3.05) is 6.61 Å². The van der Waals surface area contributed by atoms with Gasteiger partial charge in [-0.1, -0.05) is 42.5 Å². The van der Waals surface area contributed by atoms with Gasteiger partial charge < -0.3 is 9.30 Å². The van der Waals surface area contributed by atoms with Gasteiger partial charge in [0.1, 0.15) is 0 Å². The minimum Gasteiger partial charge on any atom is -0.462 e. The molecule has 3 aromatic rings. The molecule has 3 heteroatoms. The van der Waals surface area contributed by atoms with Crippen LogP contribution in [0.5, 0.6) is 0 Å². The van der Waals surface area contributed by atoms with E-state index in [4.69, 9.17) is 4.74 Å². The van der Waals surface area contributed by atoms with Gasteiger partial charge in [0.25, 0.3) is 0 Å². The molecule has 0 saturated carbocycles. The lowest BCUT2D eigenvalue weighted by molar-refractivity contribution is 0.0526. The number of aryl methyl sites for hydroxylation is 1. The number of nitrogens with zero attached hydrogens (tertiary/aromatic N) is 1. The highest BCUT2D eigenvalue weighted by Crippen LogP contribution is 2.39. The maximum atomic E-state index is 12.2. The number of rotatable bonds is 4. The minimum atomic E-state index is -0.259. The number of esters is 1. The third-order valence-corrected chi connectivity index (χ3v) is 5.38. The third-order valence-electron chi connectivity index (χ3n) is 5.38. The van der Waals surface area contributed by atoms with Gasteiger partial charge in [-0.05, 0) is 62.4 Å². The molecule has 1 unspecified atom stereocenters. The van der Waals surface area contributed by atoms with Gasteiger partial charge in [-0.2, -0.15) is 0 Å². The van der Waals surface area contributed by atoms with Crippen LogP contribution in [0, 0.1) is 6.92 Å². The highest BCUT2D eigenvalue weighted by molar-refractivity contribution is 5.98. The van der Waals surface area contributed by atoms with Crippen LogP contribution in [0.1, 0.15) is 48.1 Å². The van der Waals surface area contributed by atoms with Gasteiger partial charge in [-0.3, -0.25) is 0 Å². The summed E-state index contributed by atoms with van der Waals surface area (Å²) in [7, 11) is 0. The SMILES string of the molecule is CCOC(=O)c1ccc2c(c1)c(C)c(-c1ccccc1)n2C1C=CCCC1. The lowest BCUT2D eigenvalue weighted by atomic mass is 10.0. The lowest BCUT2D eigenvalue weighted by Crippen LogP contribution is -2.10. The van der Waals surface area contributed by atoms with Gasteiger partial charge in [0, 0.05) is 10.9 Å². The molecule has 0 amide bonds. The van der Waals surface area contributed by atoms with Crippen molar-refractivity contribution in [3.05, 3.63) is 71.8 Å². The van der Waals surface area contributed by atoms with Crippen LogP contribution in [0.15, 0.2) is 60.7 Å². The predicted octanol–water partition coefficient (Wildman–Crippen LogP) is 6.07. The smallest absolute Gasteiger partial charge is 0.338 e. The van der Waals surface area contributed by atoms with Gasteiger partial charge in [0.2, 0.25) is 0 Å². The van der Waals surface area contributed by atoms with Crippen molar-refractivity contribution in [2.45, 2.75) is 39.2 Å². The van der Waals surface area contributed by atoms with E-state index >= 15 is 0 Å². The highest BCUT2D eigenvalue weighted by atomic mass is 16.5. The fraction of sp³-hybridized carbons (Fsp3) is 0.292. The number of allylic oxidation sites excluding steroid dienone is 2. The van der Waals surface area contributed by atoms with Gasteiger partial charge in [0.05, 0.1) is 23.9 Å². The topological polar surface area (TPSA) is 31.2 Å². The van der Waals surface area contributed by atoms with Gasteiger partial charge in [-0.25, -0.2) is 4.79 Å². The Balaban J connectivity index is 1.96. The number of hydrogen-bond donors (Lipinski definition) is 0. The van der Waals surface area contributed by atoms with Crippen molar-refractivity contribution in [3.8, 4) is 11.3 Å². The molecule has 4 rings (SSSR count). The molecule has 1 aliphatic rings. The normalized spacial score (nSPS) is 16.6. The van der Waals surface area contributed by atoms with Crippen molar-refractivity contribution >= 4 is 16.9 Å². The number of benzene rings is 2. The molecular weight excluding hydrogens is 334 g/mol. The summed E-state index contributed by atoms with van der Waals surface area (Å²) in [6.45, 7) is 4.38. The maximum Gasteiger partial charge on any atom is 0.338 e. The lowest BCUT2D eigenvalue weighted by Gasteiger charge is -2.23. The van der Waals surface area contributed by atoms with Gasteiger partial charge >= 0.3 is 5.97 Å². The second kappa shape index (κ2) is 7.43. The Bertz CT molecular complexity index is 998. The summed E-state index contributed by atoms with van der Waals surface area (Å²) in [5, 5.41) is 1.12. The van der Waals surface area contributed by atoms with E-state index in [-0.39, 0.29) is 5.97 Å². The zero-order valence-electron chi connectivity index (χ0n) is 15.9. The van der Waals surface area contributed by atoms with Crippen LogP contribution in [0.2, 0.25) is 0 Å². The van der Waals surface area contributed by atoms with Crippen LogP contribution in [0.25, 0.3) is 22.2 Å². The van der Waals surface area contributed by atoms with E-state index in [0.29, 0.717) is 18.2 Å². The van der Waals surface area contributed by atoms with Crippen molar-refractivity contribution in [1.29, 1.82) is 0 Å². The Morgan fingerprint density at radius 3 is 2.70 bits per heavy atom. The van der Waals surface area contributed by atoms with Gasteiger partial charge in [-0.15, -0.1) is 0 Å². The van der Waals surface area contributed by atoms with Crippen molar-refractivity contribution in [1.82, 2.24) is 4.57 Å². The fourth-order valence-corrected chi connectivity index (χ4v) is 4.12. The summed E-state index contributed by atoms with van der Waals surface area (Å²) in [6.07, 6.45) is 8.11. The van der Waals surface area contributed by atoms with Crippen LogP contribution >= 0.6 is 0 Å². The first-order valence-electron chi connectivity index (χ1n) is 9.74. The summed E-state index contributed by atoms with van der Waals surface area (Å²) >= 11 is 0. The molecule has 1 heterocycles. The minimum absolute atomic E-state index is 0.259. The number of carbonyl (C=O) groups excluding carboxylic acids is 1. The molecule has 0 saturated heterocycles. The molecule has 1 aliphatic carbocycles. The number of fused-ring (bicyclic) bond motifs is 1. The molecule has 0 aliphatic heterocycles. The maximum absolute atomic E-state index is 12.2. The first kappa shape index (κ1) is 17.6. The Morgan fingerprint density at radius 2 is 2.00 bits per heavy atom. The summed E-state index contributed by atoms with van der Waals surface area (Å²) in [6, 6.07) is 16.8. The highest BCUT2D eigenvalue weighted by Gasteiger charge is 2.22. The third kappa shape index (κ3) is 3.18. The summed E-state index contributed by atoms with van der Waals surface area (Å²) in [5.74, 6) is -0.259. The summed E-state index contributed by atoms with van der Waals surface area (Å²) < 4.78 is 7.65. The molecule has 0 radical (unpaired) electrons. The van der Waals surface area contributed by atoms with E-state index in [9.17, 15) is 4.79 Å². The molecule has 1 atom stereocenters. The van der Waals surface area contributed by atoms with E-state index in [0.717, 1.165) is 18.2 Å². The first-order chi connectivity index (χ1) is 13.2. The van der Waals surface area contributed by atoms with E-state index < -0.39 is 0 Å². The molecule has 0 bridgehead atoms. The van der Waals surface area contributed by atoms with Crippen LogP contribution < -0.4 is 0 Å². The van der Waals surface area contributed by atoms with E-state index in [1.807, 2.05) is 25.1 Å². The van der Waals surface area contributed by atoms with Crippen molar-refractivity contribution in [2.24, 2.45) is 0 Å². The van der Waals surface area contributed by atoms with Crippen LogP contribution in [-0.2, 0) is 4.74 Å². The predicted molar refractivity (Wildman–Crippen MR) is 110 cm³/mol. The molecule has 0 fully saturated rings. The second-order valence-corrected chi connectivity index (χ2v) is 7.09. The number of hydrogen-bond acceptors (Lipinski definition) is 2. The number of ether oxygens (including phenoxy) is 1. The Hall–Kier alpha value is -2.81. The average Bonchev–Trinajstić information content (AvgIpc) is 3.01. The molecule has 2 aromatic carbocycles.